The van der Waals surface area contributed by atoms with Crippen LogP contribution < -0.4 is 5.56 Å². The predicted molar refractivity (Wildman–Crippen MR) is 85.1 cm³/mol. The molecule has 0 amide bonds. The first-order chi connectivity index (χ1) is 10.2. The molecule has 4 rings (SSSR count). The number of halogens is 1. The molecule has 2 heterocycles. The summed E-state index contributed by atoms with van der Waals surface area (Å²) in [5, 5.41) is 6.36. The lowest BCUT2D eigenvalue weighted by Crippen LogP contribution is -2.14. The first-order valence-electron chi connectivity index (χ1n) is 6.27. The highest BCUT2D eigenvalue weighted by molar-refractivity contribution is 7.19. The molecule has 4 aromatic rings. The molecule has 21 heavy (non-hydrogen) atoms. The number of para-hydroxylation sites is 1. The molecule has 0 saturated carbocycles. The molecule has 102 valence electrons. The van der Waals surface area contributed by atoms with Crippen molar-refractivity contribution in [1.82, 2.24) is 14.6 Å². The lowest BCUT2D eigenvalue weighted by atomic mass is 10.2. The fourth-order valence-corrected chi connectivity index (χ4v) is 3.19. The summed E-state index contributed by atoms with van der Waals surface area (Å²) >= 11 is 7.27. The van der Waals surface area contributed by atoms with Crippen LogP contribution in [0.15, 0.2) is 53.3 Å². The molecular weight excluding hydrogens is 306 g/mol. The number of aromatic nitrogens is 3. The third-order valence-corrected chi connectivity index (χ3v) is 4.40. The van der Waals surface area contributed by atoms with Gasteiger partial charge in [-0.1, -0.05) is 47.2 Å². The average Bonchev–Trinajstić information content (AvgIpc) is 2.92. The van der Waals surface area contributed by atoms with Gasteiger partial charge in [-0.2, -0.15) is 9.61 Å². The summed E-state index contributed by atoms with van der Waals surface area (Å²) in [4.78, 5) is 17.5. The van der Waals surface area contributed by atoms with Crippen LogP contribution in [0.2, 0.25) is 5.02 Å². The zero-order valence-corrected chi connectivity index (χ0v) is 12.2. The third kappa shape index (κ3) is 2.02. The highest BCUT2D eigenvalue weighted by atomic mass is 35.5. The first-order valence-corrected chi connectivity index (χ1v) is 7.46. The van der Waals surface area contributed by atoms with Crippen LogP contribution in [0.4, 0.5) is 0 Å². The second-order valence-corrected chi connectivity index (χ2v) is 5.93. The molecule has 2 aromatic carbocycles. The largest absolute Gasteiger partial charge is 0.283 e. The van der Waals surface area contributed by atoms with Gasteiger partial charge in [0.2, 0.25) is 4.96 Å². The zero-order chi connectivity index (χ0) is 14.4. The maximum atomic E-state index is 12.4. The van der Waals surface area contributed by atoms with Gasteiger partial charge in [-0.3, -0.25) is 4.79 Å². The Hall–Kier alpha value is -2.24. The van der Waals surface area contributed by atoms with Crippen molar-refractivity contribution >= 4 is 38.8 Å². The van der Waals surface area contributed by atoms with Crippen molar-refractivity contribution in [2.75, 3.05) is 0 Å². The molecule has 0 saturated heterocycles. The molecule has 0 aliphatic carbocycles. The maximum absolute atomic E-state index is 12.4. The Bertz CT molecular complexity index is 1020. The van der Waals surface area contributed by atoms with Gasteiger partial charge in [0.25, 0.3) is 5.56 Å². The molecule has 2 aromatic heterocycles. The van der Waals surface area contributed by atoms with Gasteiger partial charge in [0, 0.05) is 10.6 Å². The van der Waals surface area contributed by atoms with Gasteiger partial charge in [-0.05, 0) is 24.3 Å². The predicted octanol–water partition coefficient (Wildman–Crippen LogP) is 3.62. The SMILES string of the molecule is O=c1c2ccccc2nc2sc(-c3ccc(Cl)cc3)nn12. The molecule has 0 atom stereocenters. The molecular formula is C15H8ClN3OS. The molecule has 6 heteroatoms. The summed E-state index contributed by atoms with van der Waals surface area (Å²) < 4.78 is 1.36. The van der Waals surface area contributed by atoms with E-state index >= 15 is 0 Å². The highest BCUT2D eigenvalue weighted by Crippen LogP contribution is 2.26. The molecule has 0 aliphatic rings. The zero-order valence-electron chi connectivity index (χ0n) is 10.7. The van der Waals surface area contributed by atoms with E-state index in [1.54, 1.807) is 18.2 Å². The fraction of sp³-hybridized carbons (Fsp3) is 0. The van der Waals surface area contributed by atoms with E-state index in [2.05, 4.69) is 10.1 Å². The van der Waals surface area contributed by atoms with Crippen molar-refractivity contribution in [2.45, 2.75) is 0 Å². The maximum Gasteiger partial charge on any atom is 0.283 e. The summed E-state index contributed by atoms with van der Waals surface area (Å²) in [6.07, 6.45) is 0. The molecule has 0 unspecified atom stereocenters. The van der Waals surface area contributed by atoms with E-state index in [1.165, 1.54) is 15.9 Å². The fourth-order valence-electron chi connectivity index (χ4n) is 2.16. The van der Waals surface area contributed by atoms with Crippen molar-refractivity contribution < 1.29 is 0 Å². The van der Waals surface area contributed by atoms with Gasteiger partial charge >= 0.3 is 0 Å². The Labute approximate surface area is 128 Å². The number of benzene rings is 2. The van der Waals surface area contributed by atoms with Crippen molar-refractivity contribution in [3.05, 3.63) is 63.9 Å². The Morgan fingerprint density at radius 1 is 1.05 bits per heavy atom. The summed E-state index contributed by atoms with van der Waals surface area (Å²) in [7, 11) is 0. The van der Waals surface area contributed by atoms with Crippen LogP contribution in [0.3, 0.4) is 0 Å². The van der Waals surface area contributed by atoms with Gasteiger partial charge in [-0.15, -0.1) is 0 Å². The second kappa shape index (κ2) is 4.65. The van der Waals surface area contributed by atoms with Crippen LogP contribution >= 0.6 is 22.9 Å². The summed E-state index contributed by atoms with van der Waals surface area (Å²) in [5.41, 5.74) is 1.46. The molecule has 0 bridgehead atoms. The monoisotopic (exact) mass is 313 g/mol. The number of fused-ring (bicyclic) bond motifs is 2. The molecule has 0 radical (unpaired) electrons. The van der Waals surface area contributed by atoms with Crippen molar-refractivity contribution in [1.29, 1.82) is 0 Å². The van der Waals surface area contributed by atoms with Gasteiger partial charge in [-0.25, -0.2) is 4.98 Å². The van der Waals surface area contributed by atoms with E-state index in [0.29, 0.717) is 20.9 Å². The smallest absolute Gasteiger partial charge is 0.267 e. The normalized spacial score (nSPS) is 11.3. The van der Waals surface area contributed by atoms with E-state index in [-0.39, 0.29) is 5.56 Å². The quantitative estimate of drug-likeness (QED) is 0.539. The number of nitrogens with zero attached hydrogens (tertiary/aromatic N) is 3. The van der Waals surface area contributed by atoms with Crippen molar-refractivity contribution in [3.63, 3.8) is 0 Å². The van der Waals surface area contributed by atoms with E-state index in [4.69, 9.17) is 11.6 Å². The van der Waals surface area contributed by atoms with Gasteiger partial charge in [0.05, 0.1) is 10.9 Å². The van der Waals surface area contributed by atoms with E-state index in [1.807, 2.05) is 30.3 Å². The summed E-state index contributed by atoms with van der Waals surface area (Å²) in [6.45, 7) is 0. The Kier molecular flexibility index (Phi) is 2.77. The lowest BCUT2D eigenvalue weighted by Gasteiger charge is -1.95. The summed E-state index contributed by atoms with van der Waals surface area (Å²) in [5.74, 6) is 0. The third-order valence-electron chi connectivity index (χ3n) is 3.19. The van der Waals surface area contributed by atoms with Gasteiger partial charge in [0.15, 0.2) is 0 Å². The van der Waals surface area contributed by atoms with Crippen molar-refractivity contribution in [3.8, 4) is 10.6 Å². The van der Waals surface area contributed by atoms with Crippen LogP contribution in [0.25, 0.3) is 26.4 Å². The van der Waals surface area contributed by atoms with E-state index < -0.39 is 0 Å². The topological polar surface area (TPSA) is 47.3 Å². The number of rotatable bonds is 1. The Morgan fingerprint density at radius 2 is 1.81 bits per heavy atom. The Balaban J connectivity index is 2.01. The average molecular weight is 314 g/mol. The molecule has 0 spiro atoms. The number of hydrogen-bond acceptors (Lipinski definition) is 4. The molecule has 0 aliphatic heterocycles. The Morgan fingerprint density at radius 3 is 2.62 bits per heavy atom. The van der Waals surface area contributed by atoms with E-state index in [0.717, 1.165) is 10.6 Å². The second-order valence-electron chi connectivity index (χ2n) is 4.54. The van der Waals surface area contributed by atoms with E-state index in [9.17, 15) is 4.79 Å². The minimum atomic E-state index is -0.146. The molecule has 0 fully saturated rings. The standard InChI is InChI=1S/C15H8ClN3OS/c16-10-7-5-9(6-8-10)13-18-19-14(20)11-3-1-2-4-12(11)17-15(19)21-13/h1-8H. The minimum Gasteiger partial charge on any atom is -0.267 e. The highest BCUT2D eigenvalue weighted by Gasteiger charge is 2.11. The number of hydrogen-bond donors (Lipinski definition) is 0. The lowest BCUT2D eigenvalue weighted by molar-refractivity contribution is 0.920. The molecule has 4 nitrogen and oxygen atoms in total. The van der Waals surface area contributed by atoms with Crippen LogP contribution in [0.1, 0.15) is 0 Å². The van der Waals surface area contributed by atoms with Gasteiger partial charge < -0.3 is 0 Å². The molecule has 0 N–H and O–H groups in total. The first kappa shape index (κ1) is 12.5. The van der Waals surface area contributed by atoms with Crippen LogP contribution in [-0.4, -0.2) is 14.6 Å². The van der Waals surface area contributed by atoms with Crippen LogP contribution in [0.5, 0.6) is 0 Å². The minimum absolute atomic E-state index is 0.146. The summed E-state index contributed by atoms with van der Waals surface area (Å²) in [6, 6.07) is 14.6. The van der Waals surface area contributed by atoms with Crippen molar-refractivity contribution in [2.24, 2.45) is 0 Å². The van der Waals surface area contributed by atoms with Crippen LogP contribution in [-0.2, 0) is 0 Å². The van der Waals surface area contributed by atoms with Crippen LogP contribution in [0, 0.1) is 0 Å². The van der Waals surface area contributed by atoms with Gasteiger partial charge in [0.1, 0.15) is 5.01 Å².